The molecule has 1 amide bonds. The van der Waals surface area contributed by atoms with Crippen molar-refractivity contribution >= 4 is 33.8 Å². The maximum atomic E-state index is 12.3. The van der Waals surface area contributed by atoms with Crippen molar-refractivity contribution in [2.45, 2.75) is 24.2 Å². The van der Waals surface area contributed by atoms with Gasteiger partial charge in [-0.25, -0.2) is 4.98 Å². The number of pyridine rings is 2. The zero-order valence-electron chi connectivity index (χ0n) is 21.5. The van der Waals surface area contributed by atoms with E-state index in [4.69, 9.17) is 0 Å². The van der Waals surface area contributed by atoms with Crippen molar-refractivity contribution in [3.8, 4) is 0 Å². The van der Waals surface area contributed by atoms with Gasteiger partial charge < -0.3 is 16.0 Å². The van der Waals surface area contributed by atoms with Crippen molar-refractivity contribution < 1.29 is 17.8 Å². The summed E-state index contributed by atoms with van der Waals surface area (Å²) in [5.74, 6) is 0.146. The van der Waals surface area contributed by atoms with Gasteiger partial charge >= 0.3 is 0 Å². The largest absolute Gasteiger partial charge is 0.385 e. The highest BCUT2D eigenvalue weighted by atomic mass is 32.2. The van der Waals surface area contributed by atoms with Gasteiger partial charge in [-0.15, -0.1) is 0 Å². The van der Waals surface area contributed by atoms with E-state index in [1.165, 1.54) is 30.6 Å². The van der Waals surface area contributed by atoms with Crippen LogP contribution >= 0.6 is 0 Å². The molecule has 0 unspecified atom stereocenters. The number of aromatic nitrogens is 2. The summed E-state index contributed by atoms with van der Waals surface area (Å²) in [6.45, 7) is 7.12. The lowest BCUT2D eigenvalue weighted by Gasteiger charge is -2.10. The molecule has 0 saturated heterocycles. The lowest BCUT2D eigenvalue weighted by Crippen LogP contribution is -2.27. The minimum Gasteiger partial charge on any atom is -0.385 e. The molecule has 1 aromatic carbocycles. The fraction of sp³-hybridized carbons (Fsp3) is 0.259. The molecule has 12 heteroatoms. The number of hydrogen-bond donors (Lipinski definition) is 5. The Balaban J connectivity index is 1.26. The molecule has 0 aliphatic carbocycles. The summed E-state index contributed by atoms with van der Waals surface area (Å²) in [5, 5.41) is 13.5. The first-order valence-electron chi connectivity index (χ1n) is 12.5. The van der Waals surface area contributed by atoms with Gasteiger partial charge in [0, 0.05) is 48.5 Å². The molecule has 2 aromatic heterocycles. The van der Waals surface area contributed by atoms with Crippen LogP contribution < -0.4 is 21.4 Å². The number of hydrazone groups is 1. The number of anilines is 1. The second kappa shape index (κ2) is 15.3. The average Bonchev–Trinajstić information content (AvgIpc) is 2.94. The first-order chi connectivity index (χ1) is 18.8. The quantitative estimate of drug-likeness (QED) is 0.0781. The first-order valence-corrected chi connectivity index (χ1v) is 13.9. The summed E-state index contributed by atoms with van der Waals surface area (Å²) >= 11 is 0. The number of amides is 1. The van der Waals surface area contributed by atoms with Crippen LogP contribution in [0, 0.1) is 0 Å². The summed E-state index contributed by atoms with van der Waals surface area (Å²) < 4.78 is 32.2. The summed E-state index contributed by atoms with van der Waals surface area (Å²) in [6.07, 6.45) is 9.06. The van der Waals surface area contributed by atoms with Crippen molar-refractivity contribution in [3.63, 3.8) is 0 Å². The Labute approximate surface area is 228 Å². The number of nitrogens with zero attached hydrogens (tertiary/aromatic N) is 3. The molecular formula is C27H33N7O4S. The van der Waals surface area contributed by atoms with Crippen molar-refractivity contribution in [1.82, 2.24) is 25.9 Å². The van der Waals surface area contributed by atoms with Gasteiger partial charge in [0.05, 0.1) is 11.8 Å². The fourth-order valence-electron chi connectivity index (χ4n) is 3.48. The van der Waals surface area contributed by atoms with E-state index in [1.54, 1.807) is 30.6 Å². The normalized spacial score (nSPS) is 11.3. The molecule has 0 radical (unpaired) electrons. The van der Waals surface area contributed by atoms with Crippen LogP contribution in [0.4, 0.5) is 5.82 Å². The maximum absolute atomic E-state index is 12.3. The molecule has 11 nitrogen and oxygen atoms in total. The van der Waals surface area contributed by atoms with Crippen molar-refractivity contribution in [2.24, 2.45) is 5.10 Å². The number of carbonyl (C=O) groups excluding carboxylic acids is 1. The Bertz CT molecular complexity index is 1350. The van der Waals surface area contributed by atoms with E-state index in [2.05, 4.69) is 43.0 Å². The van der Waals surface area contributed by atoms with Gasteiger partial charge in [-0.05, 0) is 62.7 Å². The molecule has 0 atom stereocenters. The van der Waals surface area contributed by atoms with E-state index >= 15 is 0 Å². The standard InChI is InChI=1S/C27H33N7O4S/c1-21(22-9-6-14-29-18-22)30-16-5-4-13-28-15-7-17-31-27(35)24-11-12-26(32-19-24)34-33-20-23-8-2-3-10-25(23)39(36,37)38/h2-3,6,8-12,14,18-20,28,30H,1,4-5,7,13,15-17H2,(H,31,35)(H,32,34)(H,36,37,38). The smallest absolute Gasteiger partial charge is 0.295 e. The van der Waals surface area contributed by atoms with E-state index in [0.717, 1.165) is 50.2 Å². The van der Waals surface area contributed by atoms with E-state index in [-0.39, 0.29) is 16.4 Å². The Kier molecular flexibility index (Phi) is 11.6. The minimum absolute atomic E-state index is 0.220. The summed E-state index contributed by atoms with van der Waals surface area (Å²) in [7, 11) is -4.36. The van der Waals surface area contributed by atoms with Gasteiger partial charge in [-0.3, -0.25) is 19.8 Å². The Morgan fingerprint density at radius 1 is 0.923 bits per heavy atom. The Hall–Kier alpha value is -4.13. The number of benzene rings is 1. The van der Waals surface area contributed by atoms with E-state index < -0.39 is 10.1 Å². The topological polar surface area (TPSA) is 158 Å². The van der Waals surface area contributed by atoms with Crippen LogP contribution in [0.2, 0.25) is 0 Å². The lowest BCUT2D eigenvalue weighted by atomic mass is 10.2. The summed E-state index contributed by atoms with van der Waals surface area (Å²) in [4.78, 5) is 20.3. The van der Waals surface area contributed by atoms with E-state index in [9.17, 15) is 17.8 Å². The number of rotatable bonds is 16. The molecule has 206 valence electrons. The number of hydrogen-bond acceptors (Lipinski definition) is 9. The summed E-state index contributed by atoms with van der Waals surface area (Å²) in [6, 6.07) is 13.0. The Morgan fingerprint density at radius 2 is 1.69 bits per heavy atom. The first kappa shape index (κ1) is 29.4. The van der Waals surface area contributed by atoms with Crippen LogP contribution in [-0.4, -0.2) is 61.2 Å². The predicted molar refractivity (Wildman–Crippen MR) is 152 cm³/mol. The molecule has 0 aliphatic rings. The van der Waals surface area contributed by atoms with Crippen LogP contribution in [0.15, 0.2) is 83.7 Å². The molecule has 0 saturated carbocycles. The number of nitrogens with one attached hydrogen (secondary N) is 4. The highest BCUT2D eigenvalue weighted by Crippen LogP contribution is 2.13. The average molecular weight is 552 g/mol. The predicted octanol–water partition coefficient (Wildman–Crippen LogP) is 2.92. The Morgan fingerprint density at radius 3 is 2.44 bits per heavy atom. The number of unbranched alkanes of at least 4 members (excludes halogenated alkanes) is 1. The highest BCUT2D eigenvalue weighted by Gasteiger charge is 2.13. The molecule has 0 bridgehead atoms. The molecular weight excluding hydrogens is 518 g/mol. The second-order valence-electron chi connectivity index (χ2n) is 8.53. The minimum atomic E-state index is -4.36. The lowest BCUT2D eigenvalue weighted by molar-refractivity contribution is 0.0953. The van der Waals surface area contributed by atoms with Crippen LogP contribution in [0.3, 0.4) is 0 Å². The zero-order valence-corrected chi connectivity index (χ0v) is 22.3. The van der Waals surface area contributed by atoms with Crippen LogP contribution in [0.5, 0.6) is 0 Å². The van der Waals surface area contributed by atoms with Gasteiger partial charge in [0.2, 0.25) is 0 Å². The van der Waals surface area contributed by atoms with Crippen LogP contribution in [-0.2, 0) is 10.1 Å². The third-order valence-corrected chi connectivity index (χ3v) is 6.48. The van der Waals surface area contributed by atoms with Crippen molar-refractivity contribution in [2.75, 3.05) is 31.6 Å². The van der Waals surface area contributed by atoms with Crippen LogP contribution in [0.25, 0.3) is 5.70 Å². The summed E-state index contributed by atoms with van der Waals surface area (Å²) in [5.41, 5.74) is 5.17. The van der Waals surface area contributed by atoms with Gasteiger partial charge in [-0.1, -0.05) is 24.8 Å². The molecule has 3 aromatic rings. The third kappa shape index (κ3) is 10.3. The molecule has 5 N–H and O–H groups in total. The molecule has 2 heterocycles. The maximum Gasteiger partial charge on any atom is 0.295 e. The third-order valence-electron chi connectivity index (χ3n) is 5.55. The SMILES string of the molecule is C=C(NCCCCNCCCNC(=O)c1ccc(NN=Cc2ccccc2S(=O)(=O)O)nc1)c1cccnc1. The van der Waals surface area contributed by atoms with Gasteiger partial charge in [0.15, 0.2) is 0 Å². The highest BCUT2D eigenvalue weighted by molar-refractivity contribution is 7.86. The van der Waals surface area contributed by atoms with Crippen molar-refractivity contribution in [1.29, 1.82) is 0 Å². The molecule has 39 heavy (non-hydrogen) atoms. The number of carbonyl (C=O) groups is 1. The zero-order chi connectivity index (χ0) is 27.9. The molecule has 3 rings (SSSR count). The van der Waals surface area contributed by atoms with E-state index in [1.807, 2.05) is 12.1 Å². The fourth-order valence-corrected chi connectivity index (χ4v) is 4.15. The van der Waals surface area contributed by atoms with E-state index in [0.29, 0.717) is 17.9 Å². The van der Waals surface area contributed by atoms with Crippen LogP contribution in [0.1, 0.15) is 40.7 Å². The van der Waals surface area contributed by atoms with Crippen molar-refractivity contribution in [3.05, 3.63) is 90.4 Å². The van der Waals surface area contributed by atoms with Gasteiger partial charge in [0.1, 0.15) is 10.7 Å². The van der Waals surface area contributed by atoms with Gasteiger partial charge in [0.25, 0.3) is 16.0 Å². The monoisotopic (exact) mass is 551 g/mol. The van der Waals surface area contributed by atoms with Gasteiger partial charge in [-0.2, -0.15) is 13.5 Å². The molecule has 0 fully saturated rings. The molecule has 0 aliphatic heterocycles. The second-order valence-corrected chi connectivity index (χ2v) is 9.92. The molecule has 0 spiro atoms.